The number of fused-ring (bicyclic) bond motifs is 1. The van der Waals surface area contributed by atoms with Gasteiger partial charge >= 0.3 is 12.0 Å². The van der Waals surface area contributed by atoms with E-state index in [2.05, 4.69) is 21.3 Å². The first-order valence-electron chi connectivity index (χ1n) is 12.5. The summed E-state index contributed by atoms with van der Waals surface area (Å²) in [4.78, 5) is 25.0. The smallest absolute Gasteiger partial charge is 0.328 e. The Morgan fingerprint density at radius 1 is 1.03 bits per heavy atom. The number of nitriles is 1. The lowest BCUT2D eigenvalue weighted by molar-refractivity contribution is -0.142. The molecule has 2 amide bonds. The van der Waals surface area contributed by atoms with Crippen LogP contribution in [0.25, 0.3) is 22.2 Å². The number of benzene rings is 3. The average Bonchev–Trinajstić information content (AvgIpc) is 3.26. The third-order valence-corrected chi connectivity index (χ3v) is 6.26. The van der Waals surface area contributed by atoms with E-state index in [1.807, 2.05) is 74.5 Å². The third kappa shape index (κ3) is 5.62. The molecule has 0 aliphatic rings. The predicted octanol–water partition coefficient (Wildman–Crippen LogP) is 5.50. The summed E-state index contributed by atoms with van der Waals surface area (Å²) in [7, 11) is 1.29. The largest absolute Gasteiger partial charge is 0.494 e. The number of urea groups is 1. The summed E-state index contributed by atoms with van der Waals surface area (Å²) < 4.78 is 12.6. The molecule has 1 heterocycles. The number of nitrogens with zero attached hydrogens (tertiary/aromatic N) is 2. The zero-order valence-electron chi connectivity index (χ0n) is 21.7. The predicted molar refractivity (Wildman–Crippen MR) is 147 cm³/mol. The van der Waals surface area contributed by atoms with Gasteiger partial charge in [0.1, 0.15) is 17.9 Å². The van der Waals surface area contributed by atoms with Gasteiger partial charge in [0, 0.05) is 30.1 Å². The lowest BCUT2D eigenvalue weighted by Gasteiger charge is -2.17. The molecule has 4 rings (SSSR count). The van der Waals surface area contributed by atoms with Crippen LogP contribution < -0.4 is 15.4 Å². The van der Waals surface area contributed by atoms with E-state index in [9.17, 15) is 14.9 Å². The second kappa shape index (κ2) is 12.0. The Morgan fingerprint density at radius 2 is 1.76 bits per heavy atom. The number of carbonyl (C=O) groups excluding carboxylic acids is 2. The first-order valence-corrected chi connectivity index (χ1v) is 12.5. The van der Waals surface area contributed by atoms with Gasteiger partial charge in [0.25, 0.3) is 0 Å². The number of aromatic nitrogens is 1. The van der Waals surface area contributed by atoms with Crippen molar-refractivity contribution in [2.75, 3.05) is 19.0 Å². The highest BCUT2D eigenvalue weighted by molar-refractivity contribution is 5.96. The number of anilines is 1. The van der Waals surface area contributed by atoms with Crippen LogP contribution in [0.2, 0.25) is 0 Å². The van der Waals surface area contributed by atoms with Gasteiger partial charge in [-0.15, -0.1) is 0 Å². The van der Waals surface area contributed by atoms with Crippen molar-refractivity contribution in [3.8, 4) is 23.1 Å². The van der Waals surface area contributed by atoms with E-state index in [1.54, 1.807) is 12.1 Å². The molecule has 8 nitrogen and oxygen atoms in total. The molecular weight excluding hydrogens is 480 g/mol. The highest BCUT2D eigenvalue weighted by Gasteiger charge is 2.22. The second-order valence-electron chi connectivity index (χ2n) is 8.63. The van der Waals surface area contributed by atoms with Gasteiger partial charge in [0.15, 0.2) is 0 Å². The fourth-order valence-electron chi connectivity index (χ4n) is 4.55. The summed E-state index contributed by atoms with van der Waals surface area (Å²) >= 11 is 0. The number of rotatable bonds is 9. The first-order chi connectivity index (χ1) is 18.5. The number of hydrogen-bond donors (Lipinski definition) is 2. The number of amides is 2. The summed E-state index contributed by atoms with van der Waals surface area (Å²) in [6, 6.07) is 23.4. The molecule has 0 aliphatic carbocycles. The van der Waals surface area contributed by atoms with E-state index in [0.717, 1.165) is 33.5 Å². The summed E-state index contributed by atoms with van der Waals surface area (Å²) in [5.74, 6) is 0.231. The van der Waals surface area contributed by atoms with E-state index in [0.29, 0.717) is 30.8 Å². The van der Waals surface area contributed by atoms with Crippen LogP contribution in [0.1, 0.15) is 25.0 Å². The van der Waals surface area contributed by atoms with Gasteiger partial charge in [-0.2, -0.15) is 5.26 Å². The number of carbonyl (C=O) groups is 2. The highest BCUT2D eigenvalue weighted by Crippen LogP contribution is 2.35. The summed E-state index contributed by atoms with van der Waals surface area (Å²) in [6.07, 6.45) is 0.309. The number of esters is 1. The Bertz CT molecular complexity index is 1470. The minimum Gasteiger partial charge on any atom is -0.494 e. The van der Waals surface area contributed by atoms with E-state index < -0.39 is 18.0 Å². The van der Waals surface area contributed by atoms with Crippen LogP contribution in [-0.2, 0) is 22.5 Å². The Labute approximate surface area is 221 Å². The highest BCUT2D eigenvalue weighted by atomic mass is 16.5. The zero-order chi connectivity index (χ0) is 27.1. The first kappa shape index (κ1) is 26.3. The van der Waals surface area contributed by atoms with Crippen molar-refractivity contribution in [1.82, 2.24) is 9.88 Å². The molecule has 0 bridgehead atoms. The van der Waals surface area contributed by atoms with Crippen LogP contribution in [0.3, 0.4) is 0 Å². The van der Waals surface area contributed by atoms with Crippen molar-refractivity contribution in [2.45, 2.75) is 32.9 Å². The molecule has 0 radical (unpaired) electrons. The molecule has 0 saturated heterocycles. The van der Waals surface area contributed by atoms with Crippen molar-refractivity contribution >= 4 is 28.6 Å². The molecule has 1 aromatic heterocycles. The number of methoxy groups -OCH3 is 1. The molecule has 2 N–H and O–H groups in total. The second-order valence-corrected chi connectivity index (χ2v) is 8.63. The quantitative estimate of drug-likeness (QED) is 0.289. The lowest BCUT2D eigenvalue weighted by atomic mass is 10.1. The molecule has 38 heavy (non-hydrogen) atoms. The van der Waals surface area contributed by atoms with E-state index in [-0.39, 0.29) is 0 Å². The van der Waals surface area contributed by atoms with Crippen LogP contribution >= 0.6 is 0 Å². The van der Waals surface area contributed by atoms with E-state index >= 15 is 0 Å². The van der Waals surface area contributed by atoms with Crippen molar-refractivity contribution in [3.05, 3.63) is 83.9 Å². The maximum Gasteiger partial charge on any atom is 0.328 e. The fraction of sp³-hybridized carbons (Fsp3) is 0.233. The molecule has 194 valence electrons. The molecule has 0 fully saturated rings. The van der Waals surface area contributed by atoms with Crippen molar-refractivity contribution in [3.63, 3.8) is 0 Å². The molecule has 0 aliphatic heterocycles. The standard InChI is InChI=1S/C30H30N4O4/c1-4-34-27-18-23(38-5-2)15-16-24(27)25(19-31)28(34)21-11-13-22(14-12-21)32-30(36)33-26(29(35)37-3)17-20-9-7-6-8-10-20/h6-16,18,26H,4-5,17H2,1-3H3,(H2,32,33,36). The van der Waals surface area contributed by atoms with Crippen LogP contribution in [-0.4, -0.2) is 36.3 Å². The Kier molecular flexibility index (Phi) is 8.29. The van der Waals surface area contributed by atoms with Crippen LogP contribution in [0, 0.1) is 11.3 Å². The Balaban J connectivity index is 1.55. The summed E-state index contributed by atoms with van der Waals surface area (Å²) in [6.45, 7) is 5.20. The summed E-state index contributed by atoms with van der Waals surface area (Å²) in [5, 5.41) is 16.3. The lowest BCUT2D eigenvalue weighted by Crippen LogP contribution is -2.45. The van der Waals surface area contributed by atoms with Gasteiger partial charge in [-0.1, -0.05) is 42.5 Å². The van der Waals surface area contributed by atoms with Gasteiger partial charge in [-0.05, 0) is 49.2 Å². The molecule has 1 unspecified atom stereocenters. The van der Waals surface area contributed by atoms with Crippen LogP contribution in [0.15, 0.2) is 72.8 Å². The number of nitrogens with one attached hydrogen (secondary N) is 2. The van der Waals surface area contributed by atoms with Gasteiger partial charge in [0.2, 0.25) is 0 Å². The normalized spacial score (nSPS) is 11.4. The fourth-order valence-corrected chi connectivity index (χ4v) is 4.55. The zero-order valence-corrected chi connectivity index (χ0v) is 21.7. The van der Waals surface area contributed by atoms with Crippen molar-refractivity contribution < 1.29 is 19.1 Å². The van der Waals surface area contributed by atoms with Crippen molar-refractivity contribution in [1.29, 1.82) is 5.26 Å². The molecular formula is C30H30N4O4. The maximum atomic E-state index is 12.7. The Morgan fingerprint density at radius 3 is 2.39 bits per heavy atom. The van der Waals surface area contributed by atoms with Gasteiger partial charge < -0.3 is 24.7 Å². The molecule has 8 heteroatoms. The Hall–Kier alpha value is -4.77. The molecule has 4 aromatic rings. The van der Waals surface area contributed by atoms with E-state index in [1.165, 1.54) is 7.11 Å². The summed E-state index contributed by atoms with van der Waals surface area (Å²) in [5.41, 5.74) is 4.62. The third-order valence-electron chi connectivity index (χ3n) is 6.26. The minimum atomic E-state index is -0.832. The van der Waals surface area contributed by atoms with Gasteiger partial charge in [-0.3, -0.25) is 0 Å². The molecule has 0 saturated carbocycles. The maximum absolute atomic E-state index is 12.7. The van der Waals surface area contributed by atoms with Gasteiger partial charge in [-0.25, -0.2) is 9.59 Å². The molecule has 1 atom stereocenters. The number of aryl methyl sites for hydroxylation is 1. The van der Waals surface area contributed by atoms with Crippen LogP contribution in [0.4, 0.5) is 10.5 Å². The van der Waals surface area contributed by atoms with Crippen molar-refractivity contribution in [2.24, 2.45) is 0 Å². The van der Waals surface area contributed by atoms with Gasteiger partial charge in [0.05, 0.1) is 30.5 Å². The monoisotopic (exact) mass is 510 g/mol. The topological polar surface area (TPSA) is 105 Å². The molecule has 3 aromatic carbocycles. The number of ether oxygens (including phenoxy) is 2. The number of hydrogen-bond acceptors (Lipinski definition) is 5. The van der Waals surface area contributed by atoms with E-state index in [4.69, 9.17) is 9.47 Å². The molecule has 0 spiro atoms. The average molecular weight is 511 g/mol. The van der Waals surface area contributed by atoms with Crippen LogP contribution in [0.5, 0.6) is 5.75 Å². The minimum absolute atomic E-state index is 0.309. The SMILES string of the molecule is CCOc1ccc2c(C#N)c(-c3ccc(NC(=O)NC(Cc4ccccc4)C(=O)OC)cc3)n(CC)c2c1.